The van der Waals surface area contributed by atoms with Crippen LogP contribution in [0.2, 0.25) is 5.02 Å². The Hall–Kier alpha value is -5.14. The molecule has 41 heavy (non-hydrogen) atoms. The molecule has 4 aromatic carbocycles. The van der Waals surface area contributed by atoms with Crippen LogP contribution in [0.15, 0.2) is 114 Å². The second-order valence-corrected chi connectivity index (χ2v) is 9.58. The van der Waals surface area contributed by atoms with Crippen LogP contribution in [-0.2, 0) is 4.79 Å². The van der Waals surface area contributed by atoms with Crippen LogP contribution in [-0.4, -0.2) is 21.6 Å². The minimum Gasteiger partial charge on any atom is -0.508 e. The minimum absolute atomic E-state index is 0.000421. The van der Waals surface area contributed by atoms with Gasteiger partial charge < -0.3 is 15.2 Å². The maximum absolute atomic E-state index is 13.8. The molecule has 0 aliphatic heterocycles. The minimum atomic E-state index is -0.558. The summed E-state index contributed by atoms with van der Waals surface area (Å²) in [7, 11) is 0. The molecule has 5 aromatic rings. The molecule has 0 radical (unpaired) electrons. The van der Waals surface area contributed by atoms with E-state index >= 15 is 0 Å². The van der Waals surface area contributed by atoms with Crippen molar-refractivity contribution in [1.82, 2.24) is 4.57 Å². The van der Waals surface area contributed by atoms with Crippen LogP contribution in [0.25, 0.3) is 27.9 Å². The van der Waals surface area contributed by atoms with E-state index in [1.807, 2.05) is 42.5 Å². The molecule has 0 bridgehead atoms. The van der Waals surface area contributed by atoms with E-state index < -0.39 is 17.4 Å². The first-order valence-electron chi connectivity index (χ1n) is 12.9. The number of anilines is 1. The largest absolute Gasteiger partial charge is 0.508 e. The van der Waals surface area contributed by atoms with Crippen LogP contribution in [0.4, 0.5) is 5.69 Å². The molecule has 0 atom stereocenters. The van der Waals surface area contributed by atoms with Crippen molar-refractivity contribution in [2.75, 3.05) is 5.32 Å². The molecule has 1 amide bonds. The fourth-order valence-corrected chi connectivity index (χ4v) is 4.48. The Morgan fingerprint density at radius 1 is 0.829 bits per heavy atom. The number of pyridine rings is 1. The lowest BCUT2D eigenvalue weighted by Gasteiger charge is -2.16. The zero-order valence-electron chi connectivity index (χ0n) is 22.0. The number of carbonyl (C=O) groups is 2. The molecule has 0 aliphatic rings. The summed E-state index contributed by atoms with van der Waals surface area (Å²) in [4.78, 5) is 39.2. The number of carbonyl (C=O) groups excluding carboxylic acids is 2. The topological polar surface area (TPSA) is 97.6 Å². The number of benzene rings is 4. The fourth-order valence-electron chi connectivity index (χ4n) is 4.28. The van der Waals surface area contributed by atoms with Crippen molar-refractivity contribution in [3.63, 3.8) is 0 Å². The number of aromatic hydroxyl groups is 1. The Bertz CT molecular complexity index is 1780. The number of phenolic OH excluding ortho intramolecular Hbond substituents is 1. The van der Waals surface area contributed by atoms with E-state index in [-0.39, 0.29) is 34.3 Å². The van der Waals surface area contributed by atoms with Crippen LogP contribution < -0.4 is 15.6 Å². The number of rotatable bonds is 7. The number of esters is 1. The predicted octanol–water partition coefficient (Wildman–Crippen LogP) is 7.10. The highest BCUT2D eigenvalue weighted by atomic mass is 35.5. The Kier molecular flexibility index (Phi) is 7.99. The monoisotopic (exact) mass is 564 g/mol. The number of phenols is 1. The summed E-state index contributed by atoms with van der Waals surface area (Å²) < 4.78 is 6.76. The quantitative estimate of drug-likeness (QED) is 0.162. The van der Waals surface area contributed by atoms with Gasteiger partial charge in [0.05, 0.1) is 10.7 Å². The fraction of sp³-hybridized carbons (Fsp3) is 0.0606. The molecule has 8 heteroatoms. The van der Waals surface area contributed by atoms with Crippen LogP contribution in [0.1, 0.15) is 23.7 Å². The maximum atomic E-state index is 13.8. The van der Waals surface area contributed by atoms with Gasteiger partial charge in [-0.3, -0.25) is 19.0 Å². The lowest BCUT2D eigenvalue weighted by atomic mass is 10.0. The number of nitrogens with one attached hydrogen (secondary N) is 1. The van der Waals surface area contributed by atoms with Gasteiger partial charge in [0.25, 0.3) is 11.5 Å². The molecule has 5 rings (SSSR count). The van der Waals surface area contributed by atoms with Crippen molar-refractivity contribution in [3.8, 4) is 39.4 Å². The van der Waals surface area contributed by atoms with E-state index in [0.717, 1.165) is 11.1 Å². The number of para-hydroxylation sites is 1. The molecule has 204 valence electrons. The third-order valence-corrected chi connectivity index (χ3v) is 6.73. The van der Waals surface area contributed by atoms with Gasteiger partial charge in [-0.05, 0) is 59.2 Å². The molecule has 0 fully saturated rings. The van der Waals surface area contributed by atoms with Gasteiger partial charge >= 0.3 is 5.97 Å². The summed E-state index contributed by atoms with van der Waals surface area (Å²) in [6.45, 7) is 1.65. The van der Waals surface area contributed by atoms with Crippen molar-refractivity contribution in [3.05, 3.63) is 130 Å². The van der Waals surface area contributed by atoms with E-state index in [0.29, 0.717) is 16.7 Å². The average Bonchev–Trinajstić information content (AvgIpc) is 3.00. The number of nitrogens with zero attached hydrogens (tertiary/aromatic N) is 1. The molecular weight excluding hydrogens is 540 g/mol. The van der Waals surface area contributed by atoms with E-state index in [1.54, 1.807) is 61.7 Å². The highest BCUT2D eigenvalue weighted by Gasteiger charge is 2.19. The van der Waals surface area contributed by atoms with Gasteiger partial charge in [-0.25, -0.2) is 0 Å². The number of amides is 1. The van der Waals surface area contributed by atoms with Gasteiger partial charge in [-0.1, -0.05) is 79.2 Å². The first-order chi connectivity index (χ1) is 19.8. The highest BCUT2D eigenvalue weighted by molar-refractivity contribution is 6.32. The number of ether oxygens (including phenoxy) is 1. The maximum Gasteiger partial charge on any atom is 0.311 e. The average molecular weight is 565 g/mol. The second-order valence-electron chi connectivity index (χ2n) is 9.18. The lowest BCUT2D eigenvalue weighted by Crippen LogP contribution is -2.25. The molecule has 0 unspecified atom stereocenters. The third-order valence-electron chi connectivity index (χ3n) is 6.43. The van der Waals surface area contributed by atoms with Crippen molar-refractivity contribution < 1.29 is 19.4 Å². The molecule has 0 saturated carbocycles. The standard InChI is InChI=1S/C33H25ClN2O5/c1-2-30(38)41-31-27(34)9-6-10-29(31)36-20-25(23-15-17-26(37)18-16-23)19-28(33(36)40)35-32(39)24-13-11-22(12-14-24)21-7-4-3-5-8-21/h3-20,37H,2H2,1H3,(H,35,39). The van der Waals surface area contributed by atoms with E-state index in [4.69, 9.17) is 16.3 Å². The molecular formula is C33H25ClN2O5. The number of halogens is 1. The summed E-state index contributed by atoms with van der Waals surface area (Å²) in [6, 6.07) is 29.6. The van der Waals surface area contributed by atoms with Gasteiger partial charge in [-0.2, -0.15) is 0 Å². The molecule has 1 aromatic heterocycles. The SMILES string of the molecule is CCC(=O)Oc1c(Cl)cccc1-n1cc(-c2ccc(O)cc2)cc(NC(=O)c2ccc(-c3ccccc3)cc2)c1=O. The Morgan fingerprint density at radius 3 is 2.15 bits per heavy atom. The Labute approximate surface area is 241 Å². The van der Waals surface area contributed by atoms with E-state index in [1.165, 1.54) is 16.7 Å². The lowest BCUT2D eigenvalue weighted by molar-refractivity contribution is -0.134. The Morgan fingerprint density at radius 2 is 1.46 bits per heavy atom. The Balaban J connectivity index is 1.58. The first kappa shape index (κ1) is 27.4. The van der Waals surface area contributed by atoms with Crippen molar-refractivity contribution in [2.24, 2.45) is 0 Å². The molecule has 0 saturated heterocycles. The first-order valence-corrected chi connectivity index (χ1v) is 13.2. The number of hydrogen-bond donors (Lipinski definition) is 2. The smallest absolute Gasteiger partial charge is 0.311 e. The normalized spacial score (nSPS) is 10.7. The van der Waals surface area contributed by atoms with Crippen LogP contribution >= 0.6 is 11.6 Å². The summed E-state index contributed by atoms with van der Waals surface area (Å²) in [5, 5.41) is 12.7. The van der Waals surface area contributed by atoms with Gasteiger partial charge in [0.1, 0.15) is 11.4 Å². The van der Waals surface area contributed by atoms with Crippen molar-refractivity contribution in [2.45, 2.75) is 13.3 Å². The summed E-state index contributed by atoms with van der Waals surface area (Å²) in [5.41, 5.74) is 3.25. The molecule has 1 heterocycles. The summed E-state index contributed by atoms with van der Waals surface area (Å²) in [6.07, 6.45) is 1.67. The third kappa shape index (κ3) is 6.05. The molecule has 7 nitrogen and oxygen atoms in total. The van der Waals surface area contributed by atoms with Crippen LogP contribution in [0.5, 0.6) is 11.5 Å². The van der Waals surface area contributed by atoms with Crippen LogP contribution in [0.3, 0.4) is 0 Å². The van der Waals surface area contributed by atoms with Gasteiger partial charge in [-0.15, -0.1) is 0 Å². The highest BCUT2D eigenvalue weighted by Crippen LogP contribution is 2.33. The zero-order valence-corrected chi connectivity index (χ0v) is 22.8. The molecule has 0 aliphatic carbocycles. The van der Waals surface area contributed by atoms with Gasteiger partial charge in [0.2, 0.25) is 0 Å². The van der Waals surface area contributed by atoms with Crippen molar-refractivity contribution >= 4 is 29.2 Å². The van der Waals surface area contributed by atoms with Crippen molar-refractivity contribution in [1.29, 1.82) is 0 Å². The van der Waals surface area contributed by atoms with Gasteiger partial charge in [0, 0.05) is 23.7 Å². The molecule has 2 N–H and O–H groups in total. The van der Waals surface area contributed by atoms with Crippen LogP contribution in [0, 0.1) is 0 Å². The summed E-state index contributed by atoms with van der Waals surface area (Å²) >= 11 is 6.38. The van der Waals surface area contributed by atoms with Gasteiger partial charge in [0.15, 0.2) is 5.75 Å². The van der Waals surface area contributed by atoms with E-state index in [2.05, 4.69) is 5.32 Å². The van der Waals surface area contributed by atoms with E-state index in [9.17, 15) is 19.5 Å². The number of aromatic nitrogens is 1. The number of hydrogen-bond acceptors (Lipinski definition) is 5. The summed E-state index contributed by atoms with van der Waals surface area (Å²) in [5.74, 6) is -0.882. The second kappa shape index (κ2) is 11.9. The molecule has 0 spiro atoms. The zero-order chi connectivity index (χ0) is 28.9. The predicted molar refractivity (Wildman–Crippen MR) is 160 cm³/mol.